The Morgan fingerprint density at radius 1 is 1.21 bits per heavy atom. The van der Waals surface area contributed by atoms with Crippen molar-refractivity contribution in [2.24, 2.45) is 0 Å². The number of hydrogen-bond acceptors (Lipinski definition) is 1. The quantitative estimate of drug-likeness (QED) is 0.661. The molecule has 76 valence electrons. The highest BCUT2D eigenvalue weighted by Gasteiger charge is 2.19. The number of hydrogen-bond donors (Lipinski definition) is 1. The summed E-state index contributed by atoms with van der Waals surface area (Å²) >= 11 is 0. The highest BCUT2D eigenvalue weighted by atomic mass is 14.9. The molecule has 0 saturated carbocycles. The highest BCUT2D eigenvalue weighted by Crippen LogP contribution is 2.29. The van der Waals surface area contributed by atoms with Crippen LogP contribution in [-0.4, -0.2) is 6.54 Å². The lowest BCUT2D eigenvalue weighted by Crippen LogP contribution is -2.27. The lowest BCUT2D eigenvalue weighted by molar-refractivity contribution is 0.567. The van der Waals surface area contributed by atoms with Crippen LogP contribution in [0.1, 0.15) is 40.7 Å². The molecule has 1 aromatic rings. The Hall–Kier alpha value is -0.820. The lowest BCUT2D eigenvalue weighted by atomic mass is 9.85. The maximum Gasteiger partial charge on any atom is 0.0211 e. The molecule has 1 heteroatoms. The molecule has 1 unspecified atom stereocenters. The van der Waals surface area contributed by atoms with Crippen LogP contribution >= 0.6 is 0 Å². The number of benzene rings is 1. The summed E-state index contributed by atoms with van der Waals surface area (Å²) in [4.78, 5) is 0. The van der Waals surface area contributed by atoms with Crippen LogP contribution in [0.2, 0.25) is 0 Å². The van der Waals surface area contributed by atoms with Crippen molar-refractivity contribution in [3.05, 3.63) is 33.9 Å². The summed E-state index contributed by atoms with van der Waals surface area (Å²) in [5.74, 6) is 0.664. The van der Waals surface area contributed by atoms with E-state index in [-0.39, 0.29) is 0 Å². The van der Waals surface area contributed by atoms with Crippen molar-refractivity contribution in [2.75, 3.05) is 6.54 Å². The third-order valence-corrected chi connectivity index (χ3v) is 3.61. The summed E-state index contributed by atoms with van der Waals surface area (Å²) in [6, 6.07) is 2.38. The smallest absolute Gasteiger partial charge is 0.0211 e. The zero-order valence-corrected chi connectivity index (χ0v) is 9.57. The van der Waals surface area contributed by atoms with Crippen LogP contribution in [0.15, 0.2) is 6.07 Å². The monoisotopic (exact) mass is 189 g/mol. The number of aryl methyl sites for hydroxylation is 1. The van der Waals surface area contributed by atoms with E-state index in [9.17, 15) is 0 Å². The molecular weight excluding hydrogens is 170 g/mol. The first-order valence-electron chi connectivity index (χ1n) is 5.41. The summed E-state index contributed by atoms with van der Waals surface area (Å²) in [7, 11) is 0. The molecular formula is C13H19N. The number of rotatable bonds is 0. The fourth-order valence-corrected chi connectivity index (χ4v) is 2.37. The maximum absolute atomic E-state index is 3.48. The first-order valence-corrected chi connectivity index (χ1v) is 5.41. The zero-order chi connectivity index (χ0) is 10.3. The molecule has 14 heavy (non-hydrogen) atoms. The minimum atomic E-state index is 0.664. The Morgan fingerprint density at radius 2 is 1.93 bits per heavy atom. The molecule has 0 fully saturated rings. The van der Waals surface area contributed by atoms with Gasteiger partial charge in [-0.05, 0) is 54.5 Å². The van der Waals surface area contributed by atoms with E-state index in [4.69, 9.17) is 0 Å². The van der Waals surface area contributed by atoms with Crippen molar-refractivity contribution >= 4 is 0 Å². The predicted molar refractivity (Wildman–Crippen MR) is 60.8 cm³/mol. The summed E-state index contributed by atoms with van der Waals surface area (Å²) in [6.45, 7) is 11.2. The Labute approximate surface area is 86.5 Å². The van der Waals surface area contributed by atoms with E-state index >= 15 is 0 Å². The van der Waals surface area contributed by atoms with E-state index in [0.29, 0.717) is 5.92 Å². The van der Waals surface area contributed by atoms with Gasteiger partial charge in [0.2, 0.25) is 0 Å². The second kappa shape index (κ2) is 3.39. The van der Waals surface area contributed by atoms with Crippen LogP contribution in [-0.2, 0) is 6.54 Å². The van der Waals surface area contributed by atoms with Gasteiger partial charge in [-0.15, -0.1) is 0 Å². The molecule has 1 heterocycles. The van der Waals surface area contributed by atoms with Crippen molar-refractivity contribution < 1.29 is 0 Å². The molecule has 1 aromatic carbocycles. The highest BCUT2D eigenvalue weighted by molar-refractivity contribution is 5.46. The first kappa shape index (κ1) is 9.72. The Kier molecular flexibility index (Phi) is 2.36. The van der Waals surface area contributed by atoms with Gasteiger partial charge < -0.3 is 5.32 Å². The van der Waals surface area contributed by atoms with Crippen molar-refractivity contribution in [3.8, 4) is 0 Å². The minimum Gasteiger partial charge on any atom is -0.312 e. The molecule has 1 aliphatic heterocycles. The largest absolute Gasteiger partial charge is 0.312 e. The fraction of sp³-hybridized carbons (Fsp3) is 0.538. The SMILES string of the molecule is Cc1cc2c(c(C)c1C)CNCC2C. The van der Waals surface area contributed by atoms with Gasteiger partial charge in [0, 0.05) is 13.1 Å². The standard InChI is InChI=1S/C13H19N/c1-8-5-12-9(2)6-14-7-13(12)11(4)10(8)3/h5,9,14H,6-7H2,1-4H3. The summed E-state index contributed by atoms with van der Waals surface area (Å²) in [5, 5.41) is 3.48. The van der Waals surface area contributed by atoms with E-state index in [1.807, 2.05) is 0 Å². The molecule has 0 radical (unpaired) electrons. The molecule has 1 nitrogen and oxygen atoms in total. The fourth-order valence-electron chi connectivity index (χ4n) is 2.37. The van der Waals surface area contributed by atoms with E-state index in [1.165, 1.54) is 22.3 Å². The average Bonchev–Trinajstić information content (AvgIpc) is 2.17. The van der Waals surface area contributed by atoms with Gasteiger partial charge in [0.1, 0.15) is 0 Å². The molecule has 0 spiro atoms. The number of nitrogens with one attached hydrogen (secondary N) is 1. The molecule has 0 aliphatic carbocycles. The molecule has 0 amide bonds. The Balaban J connectivity index is 2.63. The van der Waals surface area contributed by atoms with Gasteiger partial charge in [-0.25, -0.2) is 0 Å². The first-order chi connectivity index (χ1) is 6.61. The molecule has 0 aromatic heterocycles. The summed E-state index contributed by atoms with van der Waals surface area (Å²) in [5.41, 5.74) is 7.48. The topological polar surface area (TPSA) is 12.0 Å². The van der Waals surface area contributed by atoms with Gasteiger partial charge in [0.05, 0.1) is 0 Å². The average molecular weight is 189 g/mol. The van der Waals surface area contributed by atoms with Crippen molar-refractivity contribution in [2.45, 2.75) is 40.2 Å². The third-order valence-electron chi connectivity index (χ3n) is 3.61. The molecule has 0 saturated heterocycles. The number of fused-ring (bicyclic) bond motifs is 1. The molecule has 1 aliphatic rings. The van der Waals surface area contributed by atoms with E-state index < -0.39 is 0 Å². The predicted octanol–water partition coefficient (Wildman–Crippen LogP) is 2.82. The van der Waals surface area contributed by atoms with Gasteiger partial charge in [-0.3, -0.25) is 0 Å². The van der Waals surface area contributed by atoms with Crippen LogP contribution in [0.5, 0.6) is 0 Å². The van der Waals surface area contributed by atoms with Crippen LogP contribution in [0, 0.1) is 20.8 Å². The second-order valence-electron chi connectivity index (χ2n) is 4.54. The summed E-state index contributed by atoms with van der Waals surface area (Å²) in [6.07, 6.45) is 0. The van der Waals surface area contributed by atoms with Crippen LogP contribution in [0.4, 0.5) is 0 Å². The van der Waals surface area contributed by atoms with Gasteiger partial charge >= 0.3 is 0 Å². The van der Waals surface area contributed by atoms with Crippen molar-refractivity contribution in [3.63, 3.8) is 0 Å². The molecule has 2 rings (SSSR count). The van der Waals surface area contributed by atoms with Crippen molar-refractivity contribution in [1.82, 2.24) is 5.32 Å². The zero-order valence-electron chi connectivity index (χ0n) is 9.57. The maximum atomic E-state index is 3.48. The molecule has 1 N–H and O–H groups in total. The van der Waals surface area contributed by atoms with E-state index in [2.05, 4.69) is 39.1 Å². The lowest BCUT2D eigenvalue weighted by Gasteiger charge is -2.27. The van der Waals surface area contributed by atoms with E-state index in [1.54, 1.807) is 5.56 Å². The van der Waals surface area contributed by atoms with Gasteiger partial charge in [-0.2, -0.15) is 0 Å². The van der Waals surface area contributed by atoms with Gasteiger partial charge in [-0.1, -0.05) is 13.0 Å². The Bertz CT molecular complexity index is 366. The molecule has 1 atom stereocenters. The van der Waals surface area contributed by atoms with Crippen LogP contribution in [0.25, 0.3) is 0 Å². The summed E-state index contributed by atoms with van der Waals surface area (Å²) < 4.78 is 0. The normalized spacial score (nSPS) is 20.7. The van der Waals surface area contributed by atoms with Crippen molar-refractivity contribution in [1.29, 1.82) is 0 Å². The van der Waals surface area contributed by atoms with E-state index in [0.717, 1.165) is 13.1 Å². The molecule has 0 bridgehead atoms. The Morgan fingerprint density at radius 3 is 2.64 bits per heavy atom. The van der Waals surface area contributed by atoms with Gasteiger partial charge in [0.25, 0.3) is 0 Å². The minimum absolute atomic E-state index is 0.664. The second-order valence-corrected chi connectivity index (χ2v) is 4.54. The van der Waals surface area contributed by atoms with Gasteiger partial charge in [0.15, 0.2) is 0 Å². The van der Waals surface area contributed by atoms with Crippen LogP contribution in [0.3, 0.4) is 0 Å². The third kappa shape index (κ3) is 1.36. The van der Waals surface area contributed by atoms with Crippen LogP contribution < -0.4 is 5.32 Å².